The minimum absolute atomic E-state index is 0.0584. The lowest BCUT2D eigenvalue weighted by molar-refractivity contribution is -0.428. The number of aliphatic hydroxyl groups excluding tert-OH is 1. The topological polar surface area (TPSA) is 63.4 Å². The molecular formula is C8H15NO3S. The van der Waals surface area contributed by atoms with Crippen molar-refractivity contribution in [1.82, 2.24) is 0 Å². The molecule has 0 aliphatic carbocycles. The number of nitrogens with zero attached hydrogens (tertiary/aromatic N) is 1. The van der Waals surface area contributed by atoms with Gasteiger partial charge in [-0.2, -0.15) is 0 Å². The first-order valence-corrected chi connectivity index (χ1v) is 5.25. The van der Waals surface area contributed by atoms with Crippen LogP contribution in [0.3, 0.4) is 0 Å². The molecule has 0 saturated carbocycles. The van der Waals surface area contributed by atoms with Crippen LogP contribution in [-0.4, -0.2) is 22.4 Å². The summed E-state index contributed by atoms with van der Waals surface area (Å²) in [5.41, 5.74) is 0.279. The molecular weight excluding hydrogens is 190 g/mol. The monoisotopic (exact) mass is 205 g/mol. The van der Waals surface area contributed by atoms with E-state index in [9.17, 15) is 10.1 Å². The van der Waals surface area contributed by atoms with E-state index in [0.717, 1.165) is 4.91 Å². The Morgan fingerprint density at radius 1 is 1.46 bits per heavy atom. The Balaban J connectivity index is 4.51. The van der Waals surface area contributed by atoms with Gasteiger partial charge in [0.05, 0.1) is 16.4 Å². The van der Waals surface area contributed by atoms with E-state index < -0.39 is 0 Å². The van der Waals surface area contributed by atoms with Crippen LogP contribution in [-0.2, 0) is 0 Å². The molecule has 0 aromatic carbocycles. The second-order valence-corrected chi connectivity index (χ2v) is 3.60. The third-order valence-electron chi connectivity index (χ3n) is 1.57. The lowest BCUT2D eigenvalue weighted by Gasteiger charge is -2.03. The normalized spacial score (nSPS) is 12.5. The number of hydrogen-bond acceptors (Lipinski definition) is 4. The number of hydrogen-bond donors (Lipinski definition) is 1. The first kappa shape index (κ1) is 12.4. The van der Waals surface area contributed by atoms with Crippen molar-refractivity contribution >= 4 is 11.8 Å². The van der Waals surface area contributed by atoms with Crippen molar-refractivity contribution in [2.75, 3.05) is 12.4 Å². The Kier molecular flexibility index (Phi) is 6.62. The van der Waals surface area contributed by atoms with Crippen molar-refractivity contribution in [1.29, 1.82) is 0 Å². The quantitative estimate of drug-likeness (QED) is 0.532. The fourth-order valence-corrected chi connectivity index (χ4v) is 1.91. The van der Waals surface area contributed by atoms with Gasteiger partial charge in [-0.25, -0.2) is 0 Å². The smallest absolute Gasteiger partial charge is 0.255 e. The number of thioether (sulfide) groups is 1. The molecule has 0 aliphatic rings. The summed E-state index contributed by atoms with van der Waals surface area (Å²) in [5, 5.41) is 19.2. The molecule has 0 heterocycles. The predicted molar refractivity (Wildman–Crippen MR) is 54.1 cm³/mol. The number of aliphatic hydroxyl groups is 1. The highest BCUT2D eigenvalue weighted by molar-refractivity contribution is 8.03. The second kappa shape index (κ2) is 6.91. The van der Waals surface area contributed by atoms with Crippen molar-refractivity contribution in [3.8, 4) is 0 Å². The van der Waals surface area contributed by atoms with E-state index in [1.54, 1.807) is 6.92 Å². The molecule has 0 spiro atoms. The Morgan fingerprint density at radius 3 is 2.38 bits per heavy atom. The van der Waals surface area contributed by atoms with Crippen molar-refractivity contribution < 1.29 is 10.0 Å². The average Bonchev–Trinajstić information content (AvgIpc) is 2.11. The van der Waals surface area contributed by atoms with E-state index in [4.69, 9.17) is 5.11 Å². The molecule has 0 fully saturated rings. The van der Waals surface area contributed by atoms with Crippen LogP contribution in [0.5, 0.6) is 0 Å². The van der Waals surface area contributed by atoms with E-state index in [0.29, 0.717) is 18.6 Å². The summed E-state index contributed by atoms with van der Waals surface area (Å²) in [6.07, 6.45) is 1.10. The van der Waals surface area contributed by atoms with E-state index in [-0.39, 0.29) is 17.2 Å². The fraction of sp³-hybridized carbons (Fsp3) is 0.750. The molecule has 4 nitrogen and oxygen atoms in total. The van der Waals surface area contributed by atoms with Gasteiger partial charge in [-0.3, -0.25) is 10.1 Å². The van der Waals surface area contributed by atoms with Crippen molar-refractivity contribution in [3.05, 3.63) is 20.7 Å². The molecule has 13 heavy (non-hydrogen) atoms. The zero-order chi connectivity index (χ0) is 10.3. The third-order valence-corrected chi connectivity index (χ3v) is 2.83. The fourth-order valence-electron chi connectivity index (χ4n) is 0.986. The molecule has 5 heteroatoms. The predicted octanol–water partition coefficient (Wildman–Crippen LogP) is 2.02. The Bertz CT molecular complexity index is 204. The minimum atomic E-state index is -0.330. The highest BCUT2D eigenvalue weighted by atomic mass is 32.2. The molecule has 0 bridgehead atoms. The molecule has 0 unspecified atom stereocenters. The van der Waals surface area contributed by atoms with Gasteiger partial charge < -0.3 is 5.11 Å². The summed E-state index contributed by atoms with van der Waals surface area (Å²) >= 11 is 1.37. The van der Waals surface area contributed by atoms with Crippen molar-refractivity contribution in [2.45, 2.75) is 26.7 Å². The molecule has 0 aromatic rings. The summed E-state index contributed by atoms with van der Waals surface area (Å²) in [6.45, 7) is 3.72. The summed E-state index contributed by atoms with van der Waals surface area (Å²) < 4.78 is 0. The van der Waals surface area contributed by atoms with Crippen LogP contribution >= 0.6 is 11.8 Å². The van der Waals surface area contributed by atoms with Gasteiger partial charge >= 0.3 is 0 Å². The largest absolute Gasteiger partial charge is 0.396 e. The van der Waals surface area contributed by atoms with E-state index in [1.165, 1.54) is 11.8 Å². The maximum atomic E-state index is 10.6. The first-order valence-electron chi connectivity index (χ1n) is 4.27. The van der Waals surface area contributed by atoms with Crippen LogP contribution in [0.2, 0.25) is 0 Å². The van der Waals surface area contributed by atoms with Crippen molar-refractivity contribution in [2.24, 2.45) is 0 Å². The van der Waals surface area contributed by atoms with E-state index in [2.05, 4.69) is 0 Å². The lowest BCUT2D eigenvalue weighted by Crippen LogP contribution is -2.01. The van der Waals surface area contributed by atoms with Crippen LogP contribution < -0.4 is 0 Å². The summed E-state index contributed by atoms with van der Waals surface area (Å²) in [4.78, 5) is 11.0. The Labute approximate surface area is 82.2 Å². The van der Waals surface area contributed by atoms with E-state index >= 15 is 0 Å². The summed E-state index contributed by atoms with van der Waals surface area (Å²) in [7, 11) is 0. The van der Waals surface area contributed by atoms with Gasteiger partial charge in [0.1, 0.15) is 0 Å². The number of nitro groups is 1. The van der Waals surface area contributed by atoms with Gasteiger partial charge in [0, 0.05) is 12.2 Å². The van der Waals surface area contributed by atoms with Gasteiger partial charge in [-0.05, 0) is 6.42 Å². The van der Waals surface area contributed by atoms with E-state index in [1.807, 2.05) is 6.92 Å². The molecule has 0 aliphatic heterocycles. The van der Waals surface area contributed by atoms with Gasteiger partial charge in [-0.1, -0.05) is 13.8 Å². The minimum Gasteiger partial charge on any atom is -0.396 e. The number of allylic oxidation sites excluding steroid dienone is 2. The second-order valence-electron chi connectivity index (χ2n) is 2.41. The van der Waals surface area contributed by atoms with Crippen LogP contribution in [0.4, 0.5) is 0 Å². The Morgan fingerprint density at radius 2 is 2.08 bits per heavy atom. The maximum Gasteiger partial charge on any atom is 0.255 e. The zero-order valence-corrected chi connectivity index (χ0v) is 8.76. The molecule has 0 rings (SSSR count). The lowest BCUT2D eigenvalue weighted by atomic mass is 10.3. The summed E-state index contributed by atoms with van der Waals surface area (Å²) in [6, 6.07) is 0. The molecule has 0 saturated heterocycles. The summed E-state index contributed by atoms with van der Waals surface area (Å²) in [5.74, 6) is 0.528. The molecule has 0 amide bonds. The van der Waals surface area contributed by atoms with Gasteiger partial charge in [-0.15, -0.1) is 11.8 Å². The molecule has 76 valence electrons. The van der Waals surface area contributed by atoms with Gasteiger partial charge in [0.25, 0.3) is 5.70 Å². The van der Waals surface area contributed by atoms with Crippen LogP contribution in [0.1, 0.15) is 26.7 Å². The SMILES string of the molecule is CC/C(SCCO)=C(\CC)[N+](=O)[O-]. The van der Waals surface area contributed by atoms with Gasteiger partial charge in [0.2, 0.25) is 0 Å². The third kappa shape index (κ3) is 4.28. The average molecular weight is 205 g/mol. The highest BCUT2D eigenvalue weighted by Crippen LogP contribution is 2.24. The standard InChI is InChI=1S/C8H15NO3S/c1-3-7(9(11)12)8(4-2)13-6-5-10/h10H,3-6H2,1-2H3/b8-7-. The van der Waals surface area contributed by atoms with Crippen molar-refractivity contribution in [3.63, 3.8) is 0 Å². The van der Waals surface area contributed by atoms with Gasteiger partial charge in [0.15, 0.2) is 0 Å². The molecule has 1 N–H and O–H groups in total. The first-order chi connectivity index (χ1) is 6.17. The van der Waals surface area contributed by atoms with Crippen LogP contribution in [0, 0.1) is 10.1 Å². The van der Waals surface area contributed by atoms with Crippen LogP contribution in [0.25, 0.3) is 0 Å². The molecule has 0 radical (unpaired) electrons. The maximum absolute atomic E-state index is 10.6. The van der Waals surface area contributed by atoms with Crippen LogP contribution in [0.15, 0.2) is 10.6 Å². The highest BCUT2D eigenvalue weighted by Gasteiger charge is 2.14. The molecule has 0 atom stereocenters. The number of rotatable bonds is 6. The molecule has 0 aromatic heterocycles. The Hall–Kier alpha value is -0.550. The zero-order valence-electron chi connectivity index (χ0n) is 7.95.